The van der Waals surface area contributed by atoms with Crippen molar-refractivity contribution in [1.29, 1.82) is 0 Å². The van der Waals surface area contributed by atoms with Crippen molar-refractivity contribution in [2.24, 2.45) is 5.92 Å². The molecule has 96 valence electrons. The summed E-state index contributed by atoms with van der Waals surface area (Å²) in [6, 6.07) is 0.305. The van der Waals surface area contributed by atoms with Gasteiger partial charge in [0.2, 0.25) is 11.8 Å². The van der Waals surface area contributed by atoms with Crippen LogP contribution in [0.25, 0.3) is 0 Å². The lowest BCUT2D eigenvalue weighted by atomic mass is 9.96. The Balaban J connectivity index is 1.96. The zero-order chi connectivity index (χ0) is 12.4. The minimum Gasteiger partial charge on any atom is -0.355 e. The van der Waals surface area contributed by atoms with E-state index in [1.165, 1.54) is 0 Å². The van der Waals surface area contributed by atoms with Crippen molar-refractivity contribution in [3.63, 3.8) is 0 Å². The van der Waals surface area contributed by atoms with Gasteiger partial charge in [-0.25, -0.2) is 0 Å². The van der Waals surface area contributed by atoms with Crippen molar-refractivity contribution in [3.8, 4) is 0 Å². The Morgan fingerprint density at radius 3 is 2.88 bits per heavy atom. The lowest BCUT2D eigenvalue weighted by Gasteiger charge is -2.40. The summed E-state index contributed by atoms with van der Waals surface area (Å²) in [4.78, 5) is 25.5. The molecular weight excluding hydrogens is 236 g/mol. The van der Waals surface area contributed by atoms with Gasteiger partial charge in [0.05, 0.1) is 5.92 Å². The molecule has 2 rings (SSSR count). The number of hydrogen-bond donors (Lipinski definition) is 1. The Morgan fingerprint density at radius 1 is 1.47 bits per heavy atom. The van der Waals surface area contributed by atoms with E-state index >= 15 is 0 Å². The number of nitrogens with zero attached hydrogens (tertiary/aromatic N) is 1. The minimum absolute atomic E-state index is 0.00884. The highest BCUT2D eigenvalue weighted by Gasteiger charge is 2.34. The number of nitrogens with one attached hydrogen (secondary N) is 1. The van der Waals surface area contributed by atoms with E-state index in [-0.39, 0.29) is 17.7 Å². The lowest BCUT2D eigenvalue weighted by Crippen LogP contribution is -2.52. The van der Waals surface area contributed by atoms with E-state index in [0.717, 1.165) is 12.3 Å². The quantitative estimate of drug-likeness (QED) is 0.757. The maximum atomic E-state index is 12.4. The molecule has 17 heavy (non-hydrogen) atoms. The van der Waals surface area contributed by atoms with Crippen molar-refractivity contribution in [1.82, 2.24) is 10.2 Å². The van der Waals surface area contributed by atoms with Crippen LogP contribution in [-0.2, 0) is 9.59 Å². The number of carbonyl (C=O) groups is 2. The van der Waals surface area contributed by atoms with Crippen LogP contribution in [0.15, 0.2) is 0 Å². The van der Waals surface area contributed by atoms with Crippen LogP contribution in [0.1, 0.15) is 26.7 Å². The summed E-state index contributed by atoms with van der Waals surface area (Å²) in [5.74, 6) is 1.32. The van der Waals surface area contributed by atoms with Gasteiger partial charge in [0.1, 0.15) is 0 Å². The van der Waals surface area contributed by atoms with E-state index in [2.05, 4.69) is 19.2 Å². The van der Waals surface area contributed by atoms with Crippen LogP contribution in [0.3, 0.4) is 0 Å². The summed E-state index contributed by atoms with van der Waals surface area (Å²) in [5.41, 5.74) is 0. The van der Waals surface area contributed by atoms with Crippen molar-refractivity contribution >= 4 is 23.6 Å². The fourth-order valence-corrected chi connectivity index (χ4v) is 3.52. The van der Waals surface area contributed by atoms with E-state index in [9.17, 15) is 9.59 Å². The van der Waals surface area contributed by atoms with Gasteiger partial charge < -0.3 is 10.2 Å². The molecule has 2 saturated heterocycles. The molecule has 0 radical (unpaired) electrons. The zero-order valence-corrected chi connectivity index (χ0v) is 11.3. The molecule has 3 atom stereocenters. The monoisotopic (exact) mass is 256 g/mol. The Morgan fingerprint density at radius 2 is 2.24 bits per heavy atom. The van der Waals surface area contributed by atoms with Crippen LogP contribution in [0, 0.1) is 5.92 Å². The molecule has 0 bridgehead atoms. The molecule has 0 aromatic carbocycles. The molecule has 0 saturated carbocycles. The van der Waals surface area contributed by atoms with E-state index in [1.54, 1.807) is 0 Å². The molecule has 2 amide bonds. The fourth-order valence-electron chi connectivity index (χ4n) is 2.42. The molecule has 2 aliphatic heterocycles. The topological polar surface area (TPSA) is 49.4 Å². The average molecular weight is 256 g/mol. The highest BCUT2D eigenvalue weighted by atomic mass is 32.2. The number of thioether (sulfide) groups is 1. The molecule has 2 heterocycles. The van der Waals surface area contributed by atoms with E-state index < -0.39 is 0 Å². The van der Waals surface area contributed by atoms with Gasteiger partial charge in [-0.15, -0.1) is 0 Å². The summed E-state index contributed by atoms with van der Waals surface area (Å²) in [6.07, 6.45) is 1.19. The predicted molar refractivity (Wildman–Crippen MR) is 68.8 cm³/mol. The summed E-state index contributed by atoms with van der Waals surface area (Å²) >= 11 is 1.93. The third kappa shape index (κ3) is 2.76. The minimum atomic E-state index is -0.00884. The molecule has 2 aliphatic rings. The molecule has 0 spiro atoms. The molecule has 0 aromatic rings. The predicted octanol–water partition coefficient (Wildman–Crippen LogP) is 0.865. The van der Waals surface area contributed by atoms with Gasteiger partial charge in [-0.1, -0.05) is 6.92 Å². The summed E-state index contributed by atoms with van der Waals surface area (Å²) in [6.45, 7) is 5.66. The molecule has 1 N–H and O–H groups in total. The maximum absolute atomic E-state index is 12.4. The SMILES string of the molecule is CC1SCCN(C(=O)C2CCC(=O)NC2)C1C. The highest BCUT2D eigenvalue weighted by molar-refractivity contribution is 8.00. The van der Waals surface area contributed by atoms with E-state index in [1.807, 2.05) is 16.7 Å². The Kier molecular flexibility index (Phi) is 3.97. The van der Waals surface area contributed by atoms with Crippen LogP contribution in [0.5, 0.6) is 0 Å². The van der Waals surface area contributed by atoms with Crippen molar-refractivity contribution in [2.45, 2.75) is 38.0 Å². The van der Waals surface area contributed by atoms with Crippen molar-refractivity contribution < 1.29 is 9.59 Å². The van der Waals surface area contributed by atoms with Gasteiger partial charge in [0.15, 0.2) is 0 Å². The van der Waals surface area contributed by atoms with Crippen LogP contribution in [0.2, 0.25) is 0 Å². The zero-order valence-electron chi connectivity index (χ0n) is 10.4. The largest absolute Gasteiger partial charge is 0.355 e. The van der Waals surface area contributed by atoms with Gasteiger partial charge in [-0.3, -0.25) is 9.59 Å². The summed E-state index contributed by atoms with van der Waals surface area (Å²) in [7, 11) is 0. The van der Waals surface area contributed by atoms with Crippen molar-refractivity contribution in [2.75, 3.05) is 18.8 Å². The number of carbonyl (C=O) groups excluding carboxylic acids is 2. The smallest absolute Gasteiger partial charge is 0.227 e. The Bertz CT molecular complexity index is 312. The number of hydrogen-bond acceptors (Lipinski definition) is 3. The second kappa shape index (κ2) is 5.29. The van der Waals surface area contributed by atoms with E-state index in [0.29, 0.717) is 30.7 Å². The molecule has 0 aromatic heterocycles. The van der Waals surface area contributed by atoms with Gasteiger partial charge >= 0.3 is 0 Å². The van der Waals surface area contributed by atoms with E-state index in [4.69, 9.17) is 0 Å². The maximum Gasteiger partial charge on any atom is 0.227 e. The first-order chi connectivity index (χ1) is 8.09. The van der Waals surface area contributed by atoms with Gasteiger partial charge in [0, 0.05) is 36.6 Å². The lowest BCUT2D eigenvalue weighted by molar-refractivity contribution is -0.139. The Hall–Kier alpha value is -0.710. The third-order valence-electron chi connectivity index (χ3n) is 3.78. The molecule has 3 unspecified atom stereocenters. The van der Waals surface area contributed by atoms with Gasteiger partial charge in [-0.2, -0.15) is 11.8 Å². The second-order valence-corrected chi connectivity index (χ2v) is 6.37. The standard InChI is InChI=1S/C12H20N2O2S/c1-8-9(2)17-6-5-14(8)12(16)10-3-4-11(15)13-7-10/h8-10H,3-7H2,1-2H3,(H,13,15). The molecule has 0 aliphatic carbocycles. The van der Waals surface area contributed by atoms with Crippen molar-refractivity contribution in [3.05, 3.63) is 0 Å². The fraction of sp³-hybridized carbons (Fsp3) is 0.833. The first-order valence-corrected chi connectivity index (χ1v) is 7.33. The van der Waals surface area contributed by atoms with Crippen LogP contribution in [0.4, 0.5) is 0 Å². The first-order valence-electron chi connectivity index (χ1n) is 6.28. The third-order valence-corrected chi connectivity index (χ3v) is 5.12. The average Bonchev–Trinajstić information content (AvgIpc) is 2.33. The number of rotatable bonds is 1. The second-order valence-electron chi connectivity index (χ2n) is 4.89. The normalized spacial score (nSPS) is 34.4. The molecule has 5 heteroatoms. The van der Waals surface area contributed by atoms with Gasteiger partial charge in [0.25, 0.3) is 0 Å². The number of amides is 2. The first kappa shape index (κ1) is 12.7. The molecule has 4 nitrogen and oxygen atoms in total. The van der Waals surface area contributed by atoms with Crippen LogP contribution >= 0.6 is 11.8 Å². The summed E-state index contributed by atoms with van der Waals surface area (Å²) in [5, 5.41) is 3.29. The highest BCUT2D eigenvalue weighted by Crippen LogP contribution is 2.26. The molecular formula is C12H20N2O2S. The van der Waals surface area contributed by atoms with Gasteiger partial charge in [-0.05, 0) is 13.3 Å². The molecule has 2 fully saturated rings. The number of piperidine rings is 1. The Labute approximate surface area is 106 Å². The van der Waals surface area contributed by atoms with Crippen LogP contribution < -0.4 is 5.32 Å². The van der Waals surface area contributed by atoms with Crippen LogP contribution in [-0.4, -0.2) is 46.8 Å². The summed E-state index contributed by atoms with van der Waals surface area (Å²) < 4.78 is 0.